The Kier molecular flexibility index (Phi) is 4.43. The number of esters is 1. The number of carbonyl (C=O) groups is 1. The minimum atomic E-state index is -0.239. The predicted molar refractivity (Wildman–Crippen MR) is 59.1 cm³/mol. The van der Waals surface area contributed by atoms with Gasteiger partial charge in [-0.2, -0.15) is 0 Å². The summed E-state index contributed by atoms with van der Waals surface area (Å²) in [6.45, 7) is 0. The fraction of sp³-hybridized carbons (Fsp3) is 0.308. The standard InChI is InChI=1S/C13H14O2/c1-3-7-12(13(14)15-2)10-11-8-5-4-6-9-11/h1,4-6,8-9,12H,7,10H2,2H3. The van der Waals surface area contributed by atoms with Crippen LogP contribution in [0.4, 0.5) is 0 Å². The van der Waals surface area contributed by atoms with Crippen molar-refractivity contribution in [2.75, 3.05) is 7.11 Å². The number of hydrogen-bond acceptors (Lipinski definition) is 2. The third kappa shape index (κ3) is 3.47. The van der Waals surface area contributed by atoms with Gasteiger partial charge in [-0.25, -0.2) is 0 Å². The smallest absolute Gasteiger partial charge is 0.309 e. The van der Waals surface area contributed by atoms with E-state index >= 15 is 0 Å². The summed E-state index contributed by atoms with van der Waals surface area (Å²) in [6, 6.07) is 9.79. The summed E-state index contributed by atoms with van der Waals surface area (Å²) in [5.41, 5.74) is 1.10. The molecule has 1 atom stereocenters. The molecule has 0 spiro atoms. The summed E-state index contributed by atoms with van der Waals surface area (Å²) in [5.74, 6) is 2.03. The minimum Gasteiger partial charge on any atom is -0.469 e. The first-order chi connectivity index (χ1) is 7.27. The second-order valence-electron chi connectivity index (χ2n) is 3.32. The molecule has 1 aromatic rings. The minimum absolute atomic E-state index is 0.234. The zero-order valence-electron chi connectivity index (χ0n) is 8.77. The van der Waals surface area contributed by atoms with Gasteiger partial charge in [0.2, 0.25) is 0 Å². The Hall–Kier alpha value is -1.75. The van der Waals surface area contributed by atoms with E-state index in [9.17, 15) is 4.79 Å². The predicted octanol–water partition coefficient (Wildman–Crippen LogP) is 2.04. The van der Waals surface area contributed by atoms with Gasteiger partial charge in [-0.1, -0.05) is 30.3 Å². The number of hydrogen-bond donors (Lipinski definition) is 0. The van der Waals surface area contributed by atoms with Crippen molar-refractivity contribution in [2.45, 2.75) is 12.8 Å². The van der Waals surface area contributed by atoms with E-state index in [0.29, 0.717) is 12.8 Å². The molecule has 2 nitrogen and oxygen atoms in total. The topological polar surface area (TPSA) is 26.3 Å². The molecule has 0 aliphatic rings. The SMILES string of the molecule is C#CCC(Cc1ccccc1)C(=O)OC. The van der Waals surface area contributed by atoms with Crippen LogP contribution >= 0.6 is 0 Å². The second kappa shape index (κ2) is 5.87. The first-order valence-corrected chi connectivity index (χ1v) is 4.83. The summed E-state index contributed by atoms with van der Waals surface area (Å²) in [5, 5.41) is 0. The van der Waals surface area contributed by atoms with Crippen molar-refractivity contribution >= 4 is 5.97 Å². The van der Waals surface area contributed by atoms with Crippen LogP contribution in [0, 0.1) is 18.3 Å². The van der Waals surface area contributed by atoms with Crippen molar-refractivity contribution in [1.82, 2.24) is 0 Å². The summed E-state index contributed by atoms with van der Waals surface area (Å²) in [4.78, 5) is 11.4. The van der Waals surface area contributed by atoms with Gasteiger partial charge in [-0.15, -0.1) is 12.3 Å². The Labute approximate surface area is 90.3 Å². The summed E-state index contributed by atoms with van der Waals surface area (Å²) < 4.78 is 4.70. The average Bonchev–Trinajstić information content (AvgIpc) is 2.29. The number of rotatable bonds is 4. The highest BCUT2D eigenvalue weighted by molar-refractivity contribution is 5.73. The third-order valence-electron chi connectivity index (χ3n) is 2.22. The molecule has 0 N–H and O–H groups in total. The van der Waals surface area contributed by atoms with E-state index in [1.54, 1.807) is 0 Å². The van der Waals surface area contributed by atoms with E-state index in [1.807, 2.05) is 30.3 Å². The van der Waals surface area contributed by atoms with E-state index in [2.05, 4.69) is 5.92 Å². The van der Waals surface area contributed by atoms with Crippen LogP contribution in [0.1, 0.15) is 12.0 Å². The van der Waals surface area contributed by atoms with Crippen LogP contribution in [-0.4, -0.2) is 13.1 Å². The highest BCUT2D eigenvalue weighted by atomic mass is 16.5. The number of terminal acetylenes is 1. The molecule has 78 valence electrons. The van der Waals surface area contributed by atoms with Crippen LogP contribution in [0.2, 0.25) is 0 Å². The molecule has 0 fully saturated rings. The fourth-order valence-corrected chi connectivity index (χ4v) is 1.45. The molecule has 0 amide bonds. The second-order valence-corrected chi connectivity index (χ2v) is 3.32. The first-order valence-electron chi connectivity index (χ1n) is 4.83. The number of methoxy groups -OCH3 is 1. The molecule has 0 aliphatic heterocycles. The third-order valence-corrected chi connectivity index (χ3v) is 2.22. The van der Waals surface area contributed by atoms with Crippen molar-refractivity contribution < 1.29 is 9.53 Å². The van der Waals surface area contributed by atoms with E-state index in [-0.39, 0.29) is 11.9 Å². The average molecular weight is 202 g/mol. The van der Waals surface area contributed by atoms with E-state index < -0.39 is 0 Å². The molecule has 1 unspecified atom stereocenters. The molecule has 2 heteroatoms. The van der Waals surface area contributed by atoms with Crippen molar-refractivity contribution in [3.05, 3.63) is 35.9 Å². The van der Waals surface area contributed by atoms with Crippen molar-refractivity contribution in [1.29, 1.82) is 0 Å². The molecule has 0 aromatic heterocycles. The van der Waals surface area contributed by atoms with Crippen molar-refractivity contribution in [3.63, 3.8) is 0 Å². The van der Waals surface area contributed by atoms with Gasteiger partial charge in [0.1, 0.15) is 0 Å². The highest BCUT2D eigenvalue weighted by Crippen LogP contribution is 2.13. The van der Waals surface area contributed by atoms with Crippen molar-refractivity contribution in [2.24, 2.45) is 5.92 Å². The van der Waals surface area contributed by atoms with Crippen LogP contribution in [0.3, 0.4) is 0 Å². The van der Waals surface area contributed by atoms with Crippen LogP contribution in [-0.2, 0) is 16.0 Å². The fourth-order valence-electron chi connectivity index (χ4n) is 1.45. The maximum absolute atomic E-state index is 11.4. The normalized spacial score (nSPS) is 11.5. The summed E-state index contributed by atoms with van der Waals surface area (Å²) in [7, 11) is 1.39. The van der Waals surface area contributed by atoms with Crippen LogP contribution in [0.15, 0.2) is 30.3 Å². The van der Waals surface area contributed by atoms with Gasteiger partial charge in [0.05, 0.1) is 13.0 Å². The molecule has 0 saturated carbocycles. The molecule has 1 rings (SSSR count). The molecule has 0 aliphatic carbocycles. The van der Waals surface area contributed by atoms with Gasteiger partial charge in [0, 0.05) is 6.42 Å². The Morgan fingerprint density at radius 2 is 2.13 bits per heavy atom. The van der Waals surface area contributed by atoms with E-state index in [1.165, 1.54) is 7.11 Å². The van der Waals surface area contributed by atoms with Crippen molar-refractivity contribution in [3.8, 4) is 12.3 Å². The molecule has 15 heavy (non-hydrogen) atoms. The molecular weight excluding hydrogens is 188 g/mol. The van der Waals surface area contributed by atoms with Gasteiger partial charge in [0.15, 0.2) is 0 Å². The zero-order valence-corrected chi connectivity index (χ0v) is 8.77. The molecular formula is C13H14O2. The van der Waals surface area contributed by atoms with Gasteiger partial charge >= 0.3 is 5.97 Å². The molecule has 0 bridgehead atoms. The molecule has 1 aromatic carbocycles. The van der Waals surface area contributed by atoms with E-state index in [4.69, 9.17) is 11.2 Å². The Bertz CT molecular complexity index is 349. The van der Waals surface area contributed by atoms with Gasteiger partial charge in [-0.05, 0) is 12.0 Å². The lowest BCUT2D eigenvalue weighted by molar-refractivity contribution is -0.145. The first kappa shape index (κ1) is 11.3. The molecule has 0 saturated heterocycles. The lowest BCUT2D eigenvalue weighted by atomic mass is 9.97. The Balaban J connectivity index is 2.68. The van der Waals surface area contributed by atoms with Crippen LogP contribution in [0.5, 0.6) is 0 Å². The largest absolute Gasteiger partial charge is 0.469 e. The monoisotopic (exact) mass is 202 g/mol. The number of carbonyl (C=O) groups excluding carboxylic acids is 1. The Morgan fingerprint density at radius 1 is 1.47 bits per heavy atom. The number of benzene rings is 1. The van der Waals surface area contributed by atoms with E-state index in [0.717, 1.165) is 5.56 Å². The van der Waals surface area contributed by atoms with Gasteiger partial charge < -0.3 is 4.74 Å². The maximum atomic E-state index is 11.4. The lowest BCUT2D eigenvalue weighted by Crippen LogP contribution is -2.18. The summed E-state index contributed by atoms with van der Waals surface area (Å²) >= 11 is 0. The van der Waals surface area contributed by atoms with Crippen LogP contribution in [0.25, 0.3) is 0 Å². The molecule has 0 radical (unpaired) electrons. The van der Waals surface area contributed by atoms with Crippen LogP contribution < -0.4 is 0 Å². The quantitative estimate of drug-likeness (QED) is 0.551. The molecule has 0 heterocycles. The maximum Gasteiger partial charge on any atom is 0.309 e. The highest BCUT2D eigenvalue weighted by Gasteiger charge is 2.18. The lowest BCUT2D eigenvalue weighted by Gasteiger charge is -2.11. The van der Waals surface area contributed by atoms with Gasteiger partial charge in [-0.3, -0.25) is 4.79 Å². The zero-order chi connectivity index (χ0) is 11.1. The summed E-state index contributed by atoms with van der Waals surface area (Å²) in [6.07, 6.45) is 6.27. The Morgan fingerprint density at radius 3 is 2.67 bits per heavy atom. The number of ether oxygens (including phenoxy) is 1. The van der Waals surface area contributed by atoms with Gasteiger partial charge in [0.25, 0.3) is 0 Å².